The van der Waals surface area contributed by atoms with Gasteiger partial charge in [0.1, 0.15) is 17.6 Å². The van der Waals surface area contributed by atoms with Gasteiger partial charge in [-0.1, -0.05) is 83.1 Å². The van der Waals surface area contributed by atoms with E-state index in [-0.39, 0.29) is 6.42 Å². The summed E-state index contributed by atoms with van der Waals surface area (Å²) < 4.78 is 22.4. The lowest BCUT2D eigenvalue weighted by Gasteiger charge is -2.14. The van der Waals surface area contributed by atoms with E-state index in [4.69, 9.17) is 9.84 Å². The molecule has 0 bridgehead atoms. The van der Waals surface area contributed by atoms with Crippen LogP contribution in [0.15, 0.2) is 36.4 Å². The summed E-state index contributed by atoms with van der Waals surface area (Å²) in [5, 5.41) is 11.4. The minimum absolute atomic E-state index is 0.0896. The van der Waals surface area contributed by atoms with Gasteiger partial charge in [0.15, 0.2) is 0 Å². The number of ether oxygens (including phenoxy) is 2. The van der Waals surface area contributed by atoms with Crippen molar-refractivity contribution in [3.8, 4) is 5.75 Å². The number of carbonyl (C=O) groups excluding carboxylic acids is 3. The van der Waals surface area contributed by atoms with E-state index in [0.29, 0.717) is 38.1 Å². The Kier molecular flexibility index (Phi) is 27.4. The third-order valence-electron chi connectivity index (χ3n) is 7.41. The number of methoxy groups -OCH3 is 1. The van der Waals surface area contributed by atoms with Crippen LogP contribution in [0.2, 0.25) is 0 Å². The van der Waals surface area contributed by atoms with Crippen LogP contribution in [-0.4, -0.2) is 55.7 Å². The molecule has 0 radical (unpaired) electrons. The molecule has 45 heavy (non-hydrogen) atoms. The van der Waals surface area contributed by atoms with Gasteiger partial charge in [-0.05, 0) is 62.6 Å². The fourth-order valence-corrected chi connectivity index (χ4v) is 4.57. The Hall–Kier alpha value is -3.23. The Labute approximate surface area is 270 Å². The number of carboxylic acid groups (broad SMARTS) is 1. The van der Waals surface area contributed by atoms with Gasteiger partial charge in [0.25, 0.3) is 0 Å². The predicted molar refractivity (Wildman–Crippen MR) is 177 cm³/mol. The first kappa shape index (κ1) is 41.8. The van der Waals surface area contributed by atoms with E-state index in [1.54, 1.807) is 0 Å². The number of amides is 1. The zero-order chi connectivity index (χ0) is 33.5. The Bertz CT molecular complexity index is 936. The normalized spacial score (nSPS) is 12.1. The number of carboxylic acids is 1. The lowest BCUT2D eigenvalue weighted by atomic mass is 10.0. The molecule has 0 spiro atoms. The molecule has 0 aromatic heterocycles. The highest BCUT2D eigenvalue weighted by Gasteiger charge is 2.18. The van der Waals surface area contributed by atoms with Gasteiger partial charge in [-0.2, -0.15) is 0 Å². The molecular formula is C36H58FNO7. The van der Waals surface area contributed by atoms with Crippen LogP contribution in [0, 0.1) is 5.92 Å². The Morgan fingerprint density at radius 3 is 2.07 bits per heavy atom. The van der Waals surface area contributed by atoms with Crippen LogP contribution in [0.3, 0.4) is 0 Å². The number of rotatable bonds is 27. The number of halogens is 1. The number of unbranched alkanes of at least 4 members (excludes halogenated alkanes) is 9. The van der Waals surface area contributed by atoms with Gasteiger partial charge in [0, 0.05) is 19.3 Å². The first-order chi connectivity index (χ1) is 21.8. The largest absolute Gasteiger partial charge is 0.494 e. The first-order valence-corrected chi connectivity index (χ1v) is 16.8. The van der Waals surface area contributed by atoms with Gasteiger partial charge in [0.05, 0.1) is 26.3 Å². The molecule has 0 unspecified atom stereocenters. The molecule has 0 saturated heterocycles. The zero-order valence-electron chi connectivity index (χ0n) is 27.9. The second kappa shape index (κ2) is 29.5. The maximum Gasteiger partial charge on any atom is 0.328 e. The highest BCUT2D eigenvalue weighted by Crippen LogP contribution is 2.15. The average Bonchev–Trinajstić information content (AvgIpc) is 3.03. The van der Waals surface area contributed by atoms with E-state index in [1.807, 2.05) is 36.4 Å². The monoisotopic (exact) mass is 635 g/mol. The SMILES string of the molecule is CCCCCCCC(=O)CCCCCC/C=C/C[C@@H](CCF)C(=O)O.CCCCOc1ccc(C[C@H](NC=O)C(=O)OC)cc1. The molecule has 1 aromatic rings. The minimum Gasteiger partial charge on any atom is -0.494 e. The van der Waals surface area contributed by atoms with Crippen molar-refractivity contribution >= 4 is 24.1 Å². The summed E-state index contributed by atoms with van der Waals surface area (Å²) in [4.78, 5) is 44.6. The van der Waals surface area contributed by atoms with Gasteiger partial charge >= 0.3 is 11.9 Å². The molecular weight excluding hydrogens is 577 g/mol. The summed E-state index contributed by atoms with van der Waals surface area (Å²) in [6, 6.07) is 6.82. The number of nitrogens with one attached hydrogen (secondary N) is 1. The molecule has 0 aliphatic heterocycles. The van der Waals surface area contributed by atoms with Crippen molar-refractivity contribution in [3.63, 3.8) is 0 Å². The summed E-state index contributed by atoms with van der Waals surface area (Å²) >= 11 is 0. The van der Waals surface area contributed by atoms with Crippen LogP contribution in [0.1, 0.15) is 122 Å². The maximum atomic E-state index is 12.2. The smallest absolute Gasteiger partial charge is 0.328 e. The van der Waals surface area contributed by atoms with Crippen molar-refractivity contribution in [1.29, 1.82) is 0 Å². The summed E-state index contributed by atoms with van der Waals surface area (Å²) in [6.45, 7) is 4.43. The third-order valence-corrected chi connectivity index (χ3v) is 7.41. The number of hydrogen-bond acceptors (Lipinski definition) is 6. The van der Waals surface area contributed by atoms with Crippen molar-refractivity contribution in [2.45, 2.75) is 129 Å². The van der Waals surface area contributed by atoms with Crippen LogP contribution < -0.4 is 10.1 Å². The second-order valence-corrected chi connectivity index (χ2v) is 11.3. The molecule has 8 nitrogen and oxygen atoms in total. The van der Waals surface area contributed by atoms with Gasteiger partial charge in [-0.25, -0.2) is 4.79 Å². The van der Waals surface area contributed by atoms with E-state index in [9.17, 15) is 23.6 Å². The molecule has 1 amide bonds. The highest BCUT2D eigenvalue weighted by atomic mass is 19.1. The minimum atomic E-state index is -0.919. The van der Waals surface area contributed by atoms with Crippen molar-refractivity contribution in [3.05, 3.63) is 42.0 Å². The molecule has 0 heterocycles. The molecule has 1 aromatic carbocycles. The molecule has 1 rings (SSSR count). The van der Waals surface area contributed by atoms with Gasteiger partial charge in [0.2, 0.25) is 6.41 Å². The number of alkyl halides is 1. The average molecular weight is 636 g/mol. The number of Topliss-reactive ketones (excluding diaryl/α,β-unsaturated/α-hetero) is 1. The van der Waals surface area contributed by atoms with E-state index in [1.165, 1.54) is 32.8 Å². The predicted octanol–water partition coefficient (Wildman–Crippen LogP) is 7.96. The van der Waals surface area contributed by atoms with Crippen LogP contribution in [-0.2, 0) is 30.3 Å². The van der Waals surface area contributed by atoms with Gasteiger partial charge < -0.3 is 19.9 Å². The Balaban J connectivity index is 0.000000880. The lowest BCUT2D eigenvalue weighted by Crippen LogP contribution is -2.38. The Morgan fingerprint density at radius 1 is 0.889 bits per heavy atom. The number of hydrogen-bond donors (Lipinski definition) is 2. The number of benzene rings is 1. The molecule has 2 atom stereocenters. The van der Waals surface area contributed by atoms with E-state index >= 15 is 0 Å². The molecule has 0 aliphatic rings. The van der Waals surface area contributed by atoms with Crippen LogP contribution in [0.4, 0.5) is 4.39 Å². The van der Waals surface area contributed by atoms with Crippen molar-refractivity contribution < 1.29 is 38.1 Å². The van der Waals surface area contributed by atoms with Crippen LogP contribution >= 0.6 is 0 Å². The van der Waals surface area contributed by atoms with Gasteiger partial charge in [-0.3, -0.25) is 18.8 Å². The Morgan fingerprint density at radius 2 is 1.51 bits per heavy atom. The molecule has 0 saturated carbocycles. The van der Waals surface area contributed by atoms with Gasteiger partial charge in [-0.15, -0.1) is 0 Å². The molecule has 0 fully saturated rings. The maximum absolute atomic E-state index is 12.2. The lowest BCUT2D eigenvalue weighted by molar-refractivity contribution is -0.144. The fourth-order valence-electron chi connectivity index (χ4n) is 4.57. The third kappa shape index (κ3) is 23.8. The number of allylic oxidation sites excluding steroid dienone is 2. The van der Waals surface area contributed by atoms with Crippen LogP contribution in [0.25, 0.3) is 0 Å². The molecule has 2 N–H and O–H groups in total. The summed E-state index contributed by atoms with van der Waals surface area (Å²) in [6.07, 6.45) is 19.9. The summed E-state index contributed by atoms with van der Waals surface area (Å²) in [5.74, 6) is -0.768. The van der Waals surface area contributed by atoms with E-state index in [0.717, 1.165) is 69.1 Å². The fraction of sp³-hybridized carbons (Fsp3) is 0.667. The van der Waals surface area contributed by atoms with Crippen molar-refractivity contribution in [1.82, 2.24) is 5.32 Å². The number of esters is 1. The first-order valence-electron chi connectivity index (χ1n) is 16.8. The summed E-state index contributed by atoms with van der Waals surface area (Å²) in [7, 11) is 1.30. The number of aliphatic carboxylic acids is 1. The highest BCUT2D eigenvalue weighted by molar-refractivity contribution is 5.78. The molecule has 0 aliphatic carbocycles. The van der Waals surface area contributed by atoms with Crippen molar-refractivity contribution in [2.24, 2.45) is 5.92 Å². The quantitative estimate of drug-likeness (QED) is 0.0436. The molecule has 9 heteroatoms. The zero-order valence-corrected chi connectivity index (χ0v) is 27.9. The number of carbonyl (C=O) groups is 4. The number of ketones is 1. The topological polar surface area (TPSA) is 119 Å². The van der Waals surface area contributed by atoms with E-state index < -0.39 is 30.6 Å². The van der Waals surface area contributed by atoms with Crippen LogP contribution in [0.5, 0.6) is 5.75 Å². The second-order valence-electron chi connectivity index (χ2n) is 11.3. The molecule has 256 valence electrons. The van der Waals surface area contributed by atoms with E-state index in [2.05, 4.69) is 23.9 Å². The van der Waals surface area contributed by atoms with Crippen molar-refractivity contribution in [2.75, 3.05) is 20.4 Å². The summed E-state index contributed by atoms with van der Waals surface area (Å²) in [5.41, 5.74) is 0.928. The standard InChI is InChI=1S/C21H37FO3.C15H21NO4/c1-2-3-4-8-12-15-20(23)16-13-10-7-5-6-9-11-14-19(17-18-22)21(24)25;1-3-4-9-20-13-7-5-12(6-8-13)10-14(16-11-17)15(18)19-2/h9,11,19H,2-8,10,12-18H2,1H3,(H,24,25);5-8,11,14H,3-4,9-10H2,1-2H3,(H,16,17)/b11-9+;/t19-;14-/m00/s1.